The summed E-state index contributed by atoms with van der Waals surface area (Å²) in [6.07, 6.45) is 7.03. The Kier molecular flexibility index (Phi) is 10.6. The Morgan fingerprint density at radius 2 is 1.85 bits per heavy atom. The van der Waals surface area contributed by atoms with E-state index < -0.39 is 0 Å². The van der Waals surface area contributed by atoms with Gasteiger partial charge in [-0.25, -0.2) is 0 Å². The van der Waals surface area contributed by atoms with Crippen LogP contribution in [-0.2, 0) is 4.74 Å². The lowest BCUT2D eigenvalue weighted by Gasteiger charge is -2.11. The topological polar surface area (TPSA) is 12.5 Å². The minimum Gasteiger partial charge on any atom is -0.381 e. The molecule has 0 heterocycles. The van der Waals surface area contributed by atoms with E-state index in [2.05, 4.69) is 24.5 Å². The van der Waals surface area contributed by atoms with Gasteiger partial charge in [-0.2, -0.15) is 0 Å². The van der Waals surface area contributed by atoms with E-state index in [1.54, 1.807) is 11.9 Å². The summed E-state index contributed by atoms with van der Waals surface area (Å²) < 4.78 is 7.73. The zero-order valence-corrected chi connectivity index (χ0v) is 10.0. The van der Waals surface area contributed by atoms with Crippen LogP contribution in [0.4, 0.5) is 0 Å². The normalized spacial score (nSPS) is 11.1. The molecule has 0 unspecified atom stereocenters. The highest BCUT2D eigenvalue weighted by Gasteiger charge is 1.94. The summed E-state index contributed by atoms with van der Waals surface area (Å²) in [7, 11) is 2.11. The Bertz CT molecular complexity index is 101. The number of ether oxygens (including phenoxy) is 1. The molecule has 80 valence electrons. The number of nitrogens with zero attached hydrogens (tertiary/aromatic N) is 1. The first-order valence-corrected chi connectivity index (χ1v) is 6.32. The van der Waals surface area contributed by atoms with Crippen molar-refractivity contribution in [1.82, 2.24) is 4.31 Å². The van der Waals surface area contributed by atoms with Crippen molar-refractivity contribution < 1.29 is 4.74 Å². The molecule has 0 amide bonds. The van der Waals surface area contributed by atoms with Crippen molar-refractivity contribution in [2.45, 2.75) is 32.6 Å². The molecule has 0 fully saturated rings. The molecule has 0 atom stereocenters. The molecule has 0 aliphatic rings. The number of hydrogen-bond donors (Lipinski definition) is 0. The fourth-order valence-electron chi connectivity index (χ4n) is 1.04. The van der Waals surface area contributed by atoms with Crippen molar-refractivity contribution in [1.29, 1.82) is 0 Å². The fraction of sp³-hybridized carbons (Fsp3) is 1.00. The number of unbranched alkanes of at least 4 members (excludes halogenated alkanes) is 2. The van der Waals surface area contributed by atoms with Crippen LogP contribution in [-0.4, -0.2) is 37.4 Å². The molecule has 3 heteroatoms. The van der Waals surface area contributed by atoms with E-state index in [0.29, 0.717) is 0 Å². The van der Waals surface area contributed by atoms with Crippen LogP contribution >= 0.6 is 11.9 Å². The lowest BCUT2D eigenvalue weighted by Crippen LogP contribution is -2.12. The van der Waals surface area contributed by atoms with Crippen LogP contribution in [0.2, 0.25) is 0 Å². The molecule has 0 aliphatic heterocycles. The van der Waals surface area contributed by atoms with Gasteiger partial charge in [0.05, 0.1) is 0 Å². The van der Waals surface area contributed by atoms with E-state index in [-0.39, 0.29) is 0 Å². The SMILES string of the molecule is CCCCCOCCCN(C)SC. The Labute approximate surface area is 87.2 Å². The highest BCUT2D eigenvalue weighted by Crippen LogP contribution is 2.01. The van der Waals surface area contributed by atoms with Gasteiger partial charge in [-0.15, -0.1) is 0 Å². The summed E-state index contributed by atoms with van der Waals surface area (Å²) in [5.41, 5.74) is 0. The molecule has 0 aromatic heterocycles. The monoisotopic (exact) mass is 205 g/mol. The van der Waals surface area contributed by atoms with Gasteiger partial charge in [-0.3, -0.25) is 4.31 Å². The van der Waals surface area contributed by atoms with Crippen LogP contribution < -0.4 is 0 Å². The van der Waals surface area contributed by atoms with Gasteiger partial charge < -0.3 is 4.74 Å². The first-order valence-electron chi connectivity index (χ1n) is 5.14. The molecule has 0 saturated carbocycles. The van der Waals surface area contributed by atoms with E-state index in [0.717, 1.165) is 26.2 Å². The molecule has 0 aromatic carbocycles. The molecular weight excluding hydrogens is 182 g/mol. The van der Waals surface area contributed by atoms with Crippen LogP contribution in [0.3, 0.4) is 0 Å². The zero-order valence-electron chi connectivity index (χ0n) is 9.21. The molecular formula is C10H23NOS. The Hall–Kier alpha value is 0.270. The maximum absolute atomic E-state index is 5.49. The largest absolute Gasteiger partial charge is 0.381 e. The summed E-state index contributed by atoms with van der Waals surface area (Å²) in [6, 6.07) is 0. The van der Waals surface area contributed by atoms with E-state index in [9.17, 15) is 0 Å². The summed E-state index contributed by atoms with van der Waals surface area (Å²) in [4.78, 5) is 0. The molecule has 13 heavy (non-hydrogen) atoms. The highest BCUT2D eigenvalue weighted by molar-refractivity contribution is 7.96. The third-order valence-corrected chi connectivity index (χ3v) is 2.77. The predicted molar refractivity (Wildman–Crippen MR) is 61.1 cm³/mol. The smallest absolute Gasteiger partial charge is 0.0478 e. The maximum atomic E-state index is 5.49. The average molecular weight is 205 g/mol. The predicted octanol–water partition coefficient (Wildman–Crippen LogP) is 2.79. The lowest BCUT2D eigenvalue weighted by atomic mass is 10.3. The minimum absolute atomic E-state index is 0.911. The second kappa shape index (κ2) is 10.4. The van der Waals surface area contributed by atoms with Crippen molar-refractivity contribution >= 4 is 11.9 Å². The average Bonchev–Trinajstić information content (AvgIpc) is 2.16. The van der Waals surface area contributed by atoms with Crippen molar-refractivity contribution in [3.05, 3.63) is 0 Å². The van der Waals surface area contributed by atoms with Gasteiger partial charge in [0.25, 0.3) is 0 Å². The first-order chi connectivity index (χ1) is 6.31. The molecule has 0 rings (SSSR count). The summed E-state index contributed by atoms with van der Waals surface area (Å²) in [6.45, 7) is 5.19. The van der Waals surface area contributed by atoms with Gasteiger partial charge in [0.2, 0.25) is 0 Å². The van der Waals surface area contributed by atoms with Gasteiger partial charge in [-0.05, 0) is 26.1 Å². The van der Waals surface area contributed by atoms with Crippen LogP contribution in [0.25, 0.3) is 0 Å². The number of rotatable bonds is 9. The zero-order chi connectivity index (χ0) is 9.94. The van der Waals surface area contributed by atoms with Gasteiger partial charge in [0.1, 0.15) is 0 Å². The Morgan fingerprint density at radius 3 is 2.46 bits per heavy atom. The van der Waals surface area contributed by atoms with Gasteiger partial charge >= 0.3 is 0 Å². The molecule has 0 saturated heterocycles. The molecule has 0 aliphatic carbocycles. The van der Waals surface area contributed by atoms with Gasteiger partial charge in [0.15, 0.2) is 0 Å². The third kappa shape index (κ3) is 10.2. The molecule has 0 spiro atoms. The molecule has 0 aromatic rings. The van der Waals surface area contributed by atoms with E-state index in [4.69, 9.17) is 4.74 Å². The lowest BCUT2D eigenvalue weighted by molar-refractivity contribution is 0.125. The summed E-state index contributed by atoms with van der Waals surface area (Å²) >= 11 is 1.77. The van der Waals surface area contributed by atoms with Crippen molar-refractivity contribution in [2.24, 2.45) is 0 Å². The highest BCUT2D eigenvalue weighted by atomic mass is 32.2. The maximum Gasteiger partial charge on any atom is 0.0478 e. The third-order valence-electron chi connectivity index (χ3n) is 1.97. The van der Waals surface area contributed by atoms with E-state index in [1.807, 2.05) is 0 Å². The molecule has 0 N–H and O–H groups in total. The first kappa shape index (κ1) is 13.3. The van der Waals surface area contributed by atoms with Crippen molar-refractivity contribution in [3.8, 4) is 0 Å². The van der Waals surface area contributed by atoms with E-state index in [1.165, 1.54) is 19.3 Å². The quantitative estimate of drug-likeness (QED) is 0.424. The van der Waals surface area contributed by atoms with Crippen LogP contribution in [0, 0.1) is 0 Å². The van der Waals surface area contributed by atoms with E-state index >= 15 is 0 Å². The molecule has 2 nitrogen and oxygen atoms in total. The Balaban J connectivity index is 2.91. The second-order valence-electron chi connectivity index (χ2n) is 3.21. The Morgan fingerprint density at radius 1 is 1.15 bits per heavy atom. The van der Waals surface area contributed by atoms with Crippen molar-refractivity contribution in [3.63, 3.8) is 0 Å². The second-order valence-corrected chi connectivity index (χ2v) is 4.20. The molecule has 0 bridgehead atoms. The van der Waals surface area contributed by atoms with Crippen LogP contribution in [0.5, 0.6) is 0 Å². The standard InChI is InChI=1S/C10H23NOS/c1-4-5-6-9-12-10-7-8-11(2)13-3/h4-10H2,1-3H3. The number of hydrogen-bond acceptors (Lipinski definition) is 3. The minimum atomic E-state index is 0.911. The summed E-state index contributed by atoms with van der Waals surface area (Å²) in [5.74, 6) is 0. The fourth-order valence-corrected chi connectivity index (χ4v) is 1.35. The molecule has 0 radical (unpaired) electrons. The van der Waals surface area contributed by atoms with Gasteiger partial charge in [-0.1, -0.05) is 31.7 Å². The van der Waals surface area contributed by atoms with Gasteiger partial charge in [0, 0.05) is 19.8 Å². The van der Waals surface area contributed by atoms with Crippen LogP contribution in [0.1, 0.15) is 32.6 Å². The van der Waals surface area contributed by atoms with Crippen molar-refractivity contribution in [2.75, 3.05) is 33.1 Å². The van der Waals surface area contributed by atoms with Crippen LogP contribution in [0.15, 0.2) is 0 Å². The summed E-state index contributed by atoms with van der Waals surface area (Å²) in [5, 5.41) is 0.